The van der Waals surface area contributed by atoms with E-state index in [9.17, 15) is 8.42 Å². The Morgan fingerprint density at radius 1 is 1.40 bits per heavy atom. The Labute approximate surface area is 122 Å². The molecule has 0 saturated heterocycles. The van der Waals surface area contributed by atoms with E-state index in [0.29, 0.717) is 17.7 Å². The van der Waals surface area contributed by atoms with Gasteiger partial charge < -0.3 is 5.73 Å². The molecule has 0 radical (unpaired) electrons. The standard InChI is InChI=1S/C13H17N3O2S2/c1-2-12(13-15-7-8-19-13)16-20(17,18)9-10-5-3-4-6-11(10)14/h3-8,12,16H,2,9,14H2,1H3. The van der Waals surface area contributed by atoms with Crippen LogP contribution in [0.4, 0.5) is 5.69 Å². The molecule has 0 spiro atoms. The number of aromatic nitrogens is 1. The number of nitrogen functional groups attached to an aromatic ring is 1. The second-order valence-electron chi connectivity index (χ2n) is 4.41. The summed E-state index contributed by atoms with van der Waals surface area (Å²) in [7, 11) is -3.46. The summed E-state index contributed by atoms with van der Waals surface area (Å²) in [6, 6.07) is 6.69. The van der Waals surface area contributed by atoms with Crippen LogP contribution in [0.15, 0.2) is 35.8 Å². The molecule has 0 aliphatic rings. The molecule has 0 aliphatic heterocycles. The van der Waals surface area contributed by atoms with E-state index < -0.39 is 10.0 Å². The van der Waals surface area contributed by atoms with Crippen LogP contribution < -0.4 is 10.5 Å². The second-order valence-corrected chi connectivity index (χ2v) is 7.09. The maximum atomic E-state index is 12.2. The second kappa shape index (κ2) is 6.34. The van der Waals surface area contributed by atoms with E-state index in [-0.39, 0.29) is 11.8 Å². The normalized spacial score (nSPS) is 13.2. The summed E-state index contributed by atoms with van der Waals surface area (Å²) in [5.41, 5.74) is 6.87. The van der Waals surface area contributed by atoms with Crippen LogP contribution in [0.1, 0.15) is 30.0 Å². The number of nitrogens with two attached hydrogens (primary N) is 1. The van der Waals surface area contributed by atoms with E-state index in [1.807, 2.05) is 12.3 Å². The van der Waals surface area contributed by atoms with Crippen LogP contribution in [0.25, 0.3) is 0 Å². The number of nitrogens with one attached hydrogen (secondary N) is 1. The van der Waals surface area contributed by atoms with Crippen LogP contribution in [-0.2, 0) is 15.8 Å². The summed E-state index contributed by atoms with van der Waals surface area (Å²) in [6.45, 7) is 1.92. The Balaban J connectivity index is 2.13. The Morgan fingerprint density at radius 2 is 2.15 bits per heavy atom. The highest BCUT2D eigenvalue weighted by Crippen LogP contribution is 2.21. The van der Waals surface area contributed by atoms with Crippen molar-refractivity contribution in [3.05, 3.63) is 46.4 Å². The van der Waals surface area contributed by atoms with Gasteiger partial charge in [0, 0.05) is 17.3 Å². The lowest BCUT2D eigenvalue weighted by Crippen LogP contribution is -2.29. The average Bonchev–Trinajstić information content (AvgIpc) is 2.92. The zero-order valence-electron chi connectivity index (χ0n) is 11.1. The van der Waals surface area contributed by atoms with Crippen LogP contribution in [0.2, 0.25) is 0 Å². The topological polar surface area (TPSA) is 85.1 Å². The molecule has 0 bridgehead atoms. The van der Waals surface area contributed by atoms with Crippen molar-refractivity contribution in [3.8, 4) is 0 Å². The van der Waals surface area contributed by atoms with Crippen molar-refractivity contribution in [1.82, 2.24) is 9.71 Å². The maximum absolute atomic E-state index is 12.2. The molecule has 2 aromatic rings. The minimum atomic E-state index is -3.46. The van der Waals surface area contributed by atoms with E-state index in [1.165, 1.54) is 11.3 Å². The van der Waals surface area contributed by atoms with Gasteiger partial charge in [-0.2, -0.15) is 0 Å². The molecule has 0 fully saturated rings. The number of para-hydroxylation sites is 1. The quantitative estimate of drug-likeness (QED) is 0.802. The molecule has 5 nitrogen and oxygen atoms in total. The SMILES string of the molecule is CCC(NS(=O)(=O)Cc1ccccc1N)c1nccs1. The first-order valence-corrected chi connectivity index (χ1v) is 8.78. The molecule has 1 aromatic heterocycles. The predicted molar refractivity (Wildman–Crippen MR) is 81.8 cm³/mol. The van der Waals surface area contributed by atoms with Gasteiger partial charge in [0.25, 0.3) is 0 Å². The highest BCUT2D eigenvalue weighted by atomic mass is 32.2. The monoisotopic (exact) mass is 311 g/mol. The van der Waals surface area contributed by atoms with Gasteiger partial charge in [0.2, 0.25) is 10.0 Å². The Bertz CT molecular complexity index is 654. The van der Waals surface area contributed by atoms with Crippen LogP contribution in [-0.4, -0.2) is 13.4 Å². The number of hydrogen-bond acceptors (Lipinski definition) is 5. The van der Waals surface area contributed by atoms with E-state index in [1.54, 1.807) is 30.5 Å². The first kappa shape index (κ1) is 15.0. The number of benzene rings is 1. The Morgan fingerprint density at radius 3 is 2.75 bits per heavy atom. The molecule has 0 aliphatic carbocycles. The molecule has 7 heteroatoms. The van der Waals surface area contributed by atoms with Crippen molar-refractivity contribution < 1.29 is 8.42 Å². The van der Waals surface area contributed by atoms with Crippen molar-refractivity contribution in [2.75, 3.05) is 5.73 Å². The lowest BCUT2D eigenvalue weighted by atomic mass is 10.2. The molecule has 3 N–H and O–H groups in total. The first-order valence-electron chi connectivity index (χ1n) is 6.24. The number of sulfonamides is 1. The molecule has 108 valence electrons. The third-order valence-corrected chi connectivity index (χ3v) is 5.10. The molecular formula is C13H17N3O2S2. The van der Waals surface area contributed by atoms with Gasteiger partial charge in [-0.05, 0) is 18.1 Å². The van der Waals surface area contributed by atoms with Crippen molar-refractivity contribution in [2.24, 2.45) is 0 Å². The van der Waals surface area contributed by atoms with Crippen LogP contribution >= 0.6 is 11.3 Å². The van der Waals surface area contributed by atoms with Gasteiger partial charge in [-0.3, -0.25) is 0 Å². The van der Waals surface area contributed by atoms with E-state index in [4.69, 9.17) is 5.73 Å². The van der Waals surface area contributed by atoms with Gasteiger partial charge in [-0.15, -0.1) is 11.3 Å². The molecule has 0 saturated carbocycles. The summed E-state index contributed by atoms with van der Waals surface area (Å²) in [5.74, 6) is -0.123. The average molecular weight is 311 g/mol. The zero-order valence-corrected chi connectivity index (χ0v) is 12.7. The fourth-order valence-electron chi connectivity index (χ4n) is 1.84. The third-order valence-electron chi connectivity index (χ3n) is 2.88. The summed E-state index contributed by atoms with van der Waals surface area (Å²) in [5, 5.41) is 2.61. The van der Waals surface area contributed by atoms with Crippen molar-refractivity contribution in [2.45, 2.75) is 25.1 Å². The highest BCUT2D eigenvalue weighted by molar-refractivity contribution is 7.88. The van der Waals surface area contributed by atoms with Gasteiger partial charge in [-0.25, -0.2) is 18.1 Å². The molecule has 20 heavy (non-hydrogen) atoms. The van der Waals surface area contributed by atoms with Crippen LogP contribution in [0.3, 0.4) is 0 Å². The predicted octanol–water partition coefficient (Wildman–Crippen LogP) is 2.30. The smallest absolute Gasteiger partial charge is 0.216 e. The maximum Gasteiger partial charge on any atom is 0.216 e. The van der Waals surface area contributed by atoms with Crippen molar-refractivity contribution in [1.29, 1.82) is 0 Å². The van der Waals surface area contributed by atoms with E-state index in [2.05, 4.69) is 9.71 Å². The van der Waals surface area contributed by atoms with Crippen molar-refractivity contribution in [3.63, 3.8) is 0 Å². The minimum Gasteiger partial charge on any atom is -0.398 e. The number of anilines is 1. The summed E-state index contributed by atoms with van der Waals surface area (Å²) < 4.78 is 27.1. The summed E-state index contributed by atoms with van der Waals surface area (Å²) in [4.78, 5) is 4.16. The fraction of sp³-hybridized carbons (Fsp3) is 0.308. The summed E-state index contributed by atoms with van der Waals surface area (Å²) >= 11 is 1.44. The van der Waals surface area contributed by atoms with Gasteiger partial charge in [0.15, 0.2) is 0 Å². The largest absolute Gasteiger partial charge is 0.398 e. The third kappa shape index (κ3) is 3.78. The zero-order chi connectivity index (χ0) is 14.6. The lowest BCUT2D eigenvalue weighted by molar-refractivity contribution is 0.548. The molecule has 1 aromatic carbocycles. The lowest BCUT2D eigenvalue weighted by Gasteiger charge is -2.15. The highest BCUT2D eigenvalue weighted by Gasteiger charge is 2.21. The van der Waals surface area contributed by atoms with Crippen molar-refractivity contribution >= 4 is 27.0 Å². The molecule has 1 atom stereocenters. The Kier molecular flexibility index (Phi) is 4.74. The number of nitrogens with zero attached hydrogens (tertiary/aromatic N) is 1. The van der Waals surface area contributed by atoms with Gasteiger partial charge >= 0.3 is 0 Å². The molecular weight excluding hydrogens is 294 g/mol. The number of rotatable bonds is 6. The van der Waals surface area contributed by atoms with Gasteiger partial charge in [-0.1, -0.05) is 25.1 Å². The van der Waals surface area contributed by atoms with Gasteiger partial charge in [0.1, 0.15) is 5.01 Å². The fourth-order valence-corrected chi connectivity index (χ4v) is 4.16. The summed E-state index contributed by atoms with van der Waals surface area (Å²) in [6.07, 6.45) is 2.32. The molecule has 1 heterocycles. The van der Waals surface area contributed by atoms with Gasteiger partial charge in [0.05, 0.1) is 11.8 Å². The molecule has 1 unspecified atom stereocenters. The first-order chi connectivity index (χ1) is 9.52. The van der Waals surface area contributed by atoms with Crippen LogP contribution in [0, 0.1) is 0 Å². The number of thiazole rings is 1. The van der Waals surface area contributed by atoms with Crippen LogP contribution in [0.5, 0.6) is 0 Å². The van der Waals surface area contributed by atoms with E-state index in [0.717, 1.165) is 5.01 Å². The molecule has 2 rings (SSSR count). The van der Waals surface area contributed by atoms with E-state index >= 15 is 0 Å². The number of hydrogen-bond donors (Lipinski definition) is 2. The molecule has 0 amide bonds. The minimum absolute atomic E-state index is 0.123. The Hall–Kier alpha value is -1.44.